The largest absolute Gasteiger partial charge is 0.359 e. The molecule has 0 bridgehead atoms. The molecule has 0 fully saturated rings. The van der Waals surface area contributed by atoms with Gasteiger partial charge < -0.3 is 39.2 Å². The molecule has 0 radical (unpaired) electrons. The smallest absolute Gasteiger partial charge is 0.178 e. The van der Waals surface area contributed by atoms with Gasteiger partial charge in [0.2, 0.25) is 0 Å². The van der Waals surface area contributed by atoms with Crippen LogP contribution in [0.15, 0.2) is 298 Å². The van der Waals surface area contributed by atoms with Crippen molar-refractivity contribution >= 4 is 107 Å². The monoisotopic (exact) mass is 1560 g/mol. The molecule has 18 heteroatoms. The molecule has 582 valence electrons. The summed E-state index contributed by atoms with van der Waals surface area (Å²) in [5.74, 6) is 6.16. The number of hydrogen-bond donors (Lipinski definition) is 0. The van der Waals surface area contributed by atoms with Crippen molar-refractivity contribution in [2.75, 3.05) is 41.3 Å². The van der Waals surface area contributed by atoms with E-state index in [1.54, 1.807) is 18.6 Å². The molecule has 8 aliphatic heterocycles. The second-order valence-electron chi connectivity index (χ2n) is 32.1. The minimum absolute atomic E-state index is 0.0224. The Hall–Kier alpha value is -14.5. The molecule has 119 heavy (non-hydrogen) atoms. The molecule has 25 rings (SSSR count). The second kappa shape index (κ2) is 27.9. The molecule has 8 aliphatic rings. The van der Waals surface area contributed by atoms with Gasteiger partial charge in [-0.05, 0) is 221 Å². The van der Waals surface area contributed by atoms with Crippen LogP contribution in [0.25, 0.3) is 66.9 Å². The first kappa shape index (κ1) is 67.8. The number of para-hydroxylation sites is 9. The maximum Gasteiger partial charge on any atom is 0.178 e. The Labute approximate surface area is 695 Å². The van der Waals surface area contributed by atoms with Gasteiger partial charge in [0.15, 0.2) is 11.6 Å². The van der Waals surface area contributed by atoms with Gasteiger partial charge in [0.25, 0.3) is 0 Å². The number of hydrogen-bond acceptors (Lipinski definition) is 14. The fourth-order valence-electron chi connectivity index (χ4n) is 19.4. The van der Waals surface area contributed by atoms with Gasteiger partial charge in [-0.2, -0.15) is 0 Å². The maximum atomic E-state index is 7.72. The zero-order valence-corrected chi connectivity index (χ0v) is 67.5. The quantitative estimate of drug-likeness (QED) is 0.150. The second-order valence-corrected chi connectivity index (χ2v) is 32.1. The number of anilines is 11. The highest BCUT2D eigenvalue weighted by Gasteiger charge is 2.41. The van der Waals surface area contributed by atoms with Crippen LogP contribution in [0, 0.1) is 27.7 Å². The van der Waals surface area contributed by atoms with Crippen molar-refractivity contribution in [3.8, 4) is 22.7 Å². The molecule has 0 spiro atoms. The molecule has 17 aromatic rings. The Balaban J connectivity index is 0.0000000975. The van der Waals surface area contributed by atoms with Gasteiger partial charge in [-0.25, -0.2) is 29.9 Å². The molecule has 0 saturated carbocycles. The Morgan fingerprint density at radius 2 is 0.588 bits per heavy atom. The van der Waals surface area contributed by atoms with Crippen LogP contribution in [0.5, 0.6) is 0 Å². The van der Waals surface area contributed by atoms with Gasteiger partial charge in [0.1, 0.15) is 48.0 Å². The van der Waals surface area contributed by atoms with Crippen LogP contribution >= 0.6 is 0 Å². The van der Waals surface area contributed by atoms with Crippen LogP contribution in [-0.4, -0.2) is 84.7 Å². The highest BCUT2D eigenvalue weighted by atomic mass is 15.5. The van der Waals surface area contributed by atoms with E-state index in [1.165, 1.54) is 112 Å². The van der Waals surface area contributed by atoms with E-state index in [4.69, 9.17) is 34.0 Å². The van der Waals surface area contributed by atoms with E-state index in [1.807, 2.05) is 37.1 Å². The summed E-state index contributed by atoms with van der Waals surface area (Å²) in [5.41, 5.74) is 34.2. The van der Waals surface area contributed by atoms with Crippen LogP contribution in [0.3, 0.4) is 0 Å². The highest BCUT2D eigenvalue weighted by molar-refractivity contribution is 5.95. The third-order valence-electron chi connectivity index (χ3n) is 25.1. The molecule has 0 unspecified atom stereocenters. The fraction of sp³-hybridized carbons (Fsp3) is 0.168. The Morgan fingerprint density at radius 3 is 1.00 bits per heavy atom. The average Bonchev–Trinajstić information content (AvgIpc) is 1.61. The molecular weight excluding hydrogens is 1470 g/mol. The van der Waals surface area contributed by atoms with Gasteiger partial charge in [-0.1, -0.05) is 140 Å². The van der Waals surface area contributed by atoms with Crippen molar-refractivity contribution in [1.82, 2.24) is 53.1 Å². The number of aromatic nitrogens is 10. The summed E-state index contributed by atoms with van der Waals surface area (Å²) in [6.45, 7) is 15.1. The standard InChI is InChI=1S/C29H24N4.C27H22N6.C25H22N4.C20H20N4/c1-19-16-23-28(33-24-13-7-6-10-21(24)17-29(33)30-23)18-27(19)32-20(2)31(22-11-4-3-5-12-22)25-14-8-9-15-26(25)32;1-17-14-21-24(33-22-11-7-6-8-19(22)15-25(33)30-21)16-23(17)32-18(2)31(20-9-4-3-5-10-20)26-27(32)29-13-12-28-26;1-17-14-21-24(29-22-11-7-6-8-19(22)15-25(29)26-21)16-23(17)28-13-12-27(18(28)2)20-9-4-3-5-10-20;1-13-10-16-19(12-18(13)23-9-8-22(3)14(23)2)24-17-7-5-4-6-15(17)11-20(24)21-16/h3-16,18,20H,17H2,1-2H3;3-14,16,18H,15H2,1-2H3;3-14,16,18H,15H2,1-2H3;4-10,12,14H,11H2,1-3H3/t20-;2*18-;14-/m0000/s1/i;;;3D3. The summed E-state index contributed by atoms with van der Waals surface area (Å²) >= 11 is 0. The number of aryl methyl sites for hydroxylation is 4. The first-order chi connectivity index (χ1) is 59.5. The third-order valence-corrected chi connectivity index (χ3v) is 25.1. The average molecular weight is 1560 g/mol. The van der Waals surface area contributed by atoms with E-state index < -0.39 is 6.98 Å². The SMILES string of the molecule is Cc1cc2nc3n(c2cc1N1C=CN(c2ccccc2)[C@@H]1C)-c1ccccc1C3.Cc1cc2nc3n(c2cc1N1c2ccccc2N(c2ccccc2)[C@@H]1C)-c1ccccc1C3.Cc1cc2nc3n(c2cc1N1c2nccnc2N(c2ccccc2)[C@@H]1C)-c1ccccc1C3.[2H]C([2H])([2H])N1C=CN(c2cc3c(cc2C)nc2n3-c3ccccc3C2)[C@H]1C. The summed E-state index contributed by atoms with van der Waals surface area (Å²) in [4.78, 5) is 46.7. The summed E-state index contributed by atoms with van der Waals surface area (Å²) in [7, 11) is 0. The molecule has 13 heterocycles. The lowest BCUT2D eigenvalue weighted by atomic mass is 10.1. The first-order valence-corrected chi connectivity index (χ1v) is 41.1. The molecule has 18 nitrogen and oxygen atoms in total. The van der Waals surface area contributed by atoms with Gasteiger partial charge >= 0.3 is 0 Å². The predicted molar refractivity (Wildman–Crippen MR) is 482 cm³/mol. The molecule has 0 amide bonds. The van der Waals surface area contributed by atoms with Crippen molar-refractivity contribution in [3.63, 3.8) is 0 Å². The number of nitrogens with zero attached hydrogens (tertiary/aromatic N) is 18. The highest BCUT2D eigenvalue weighted by Crippen LogP contribution is 2.51. The van der Waals surface area contributed by atoms with Crippen LogP contribution in [0.4, 0.5) is 62.8 Å². The van der Waals surface area contributed by atoms with Crippen LogP contribution in [0.1, 0.15) is 99.6 Å². The van der Waals surface area contributed by atoms with E-state index in [0.29, 0.717) is 0 Å². The van der Waals surface area contributed by atoms with Gasteiger partial charge in [-0.3, -0.25) is 18.3 Å². The van der Waals surface area contributed by atoms with Crippen molar-refractivity contribution in [1.29, 1.82) is 0 Å². The van der Waals surface area contributed by atoms with E-state index in [2.05, 4.69) is 350 Å². The first-order valence-electron chi connectivity index (χ1n) is 42.6. The van der Waals surface area contributed by atoms with Crippen molar-refractivity contribution in [2.45, 2.75) is 106 Å². The molecule has 5 aromatic heterocycles. The number of imidazole rings is 4. The summed E-state index contributed by atoms with van der Waals surface area (Å²) in [6, 6.07) is 92.3. The number of rotatable bonds is 7. The lowest BCUT2D eigenvalue weighted by molar-refractivity contribution is 0.383. The topological polar surface area (TPSA) is 123 Å². The Kier molecular flexibility index (Phi) is 15.9. The molecule has 4 atom stereocenters. The van der Waals surface area contributed by atoms with Crippen LogP contribution in [-0.2, 0) is 25.7 Å². The van der Waals surface area contributed by atoms with E-state index in [0.717, 1.165) is 116 Å². The summed E-state index contributed by atoms with van der Waals surface area (Å²) in [5, 5.41) is 0. The van der Waals surface area contributed by atoms with Gasteiger partial charge in [0.05, 0.1) is 78.3 Å². The maximum absolute atomic E-state index is 7.72. The van der Waals surface area contributed by atoms with E-state index in [-0.39, 0.29) is 24.7 Å². The molecule has 12 aromatic carbocycles. The number of benzene rings is 12. The lowest BCUT2D eigenvalue weighted by Gasteiger charge is -2.31. The fourth-order valence-corrected chi connectivity index (χ4v) is 19.4. The minimum atomic E-state index is -2.15. The molecule has 0 aliphatic carbocycles. The summed E-state index contributed by atoms with van der Waals surface area (Å²) < 4.78 is 32.4. The van der Waals surface area contributed by atoms with Crippen molar-refractivity contribution < 1.29 is 4.11 Å². The Morgan fingerprint density at radius 1 is 0.277 bits per heavy atom. The van der Waals surface area contributed by atoms with E-state index in [9.17, 15) is 0 Å². The predicted octanol–water partition coefficient (Wildman–Crippen LogP) is 21.7. The lowest BCUT2D eigenvalue weighted by Crippen LogP contribution is -2.36. The Bertz CT molecular complexity index is 6890. The van der Waals surface area contributed by atoms with Crippen molar-refractivity contribution in [2.24, 2.45) is 0 Å². The minimum Gasteiger partial charge on any atom is -0.359 e. The normalized spacial score (nSPS) is 17.4. The van der Waals surface area contributed by atoms with Gasteiger partial charge in [-0.15, -0.1) is 0 Å². The third kappa shape index (κ3) is 11.4. The number of fused-ring (bicyclic) bond motifs is 22. The molecule has 0 saturated heterocycles. The summed E-state index contributed by atoms with van der Waals surface area (Å²) in [6.07, 6.45) is 15.0. The zero-order valence-electron chi connectivity index (χ0n) is 70.5. The molecular formula is C101H88N18. The zero-order chi connectivity index (χ0) is 82.7. The van der Waals surface area contributed by atoms with Crippen molar-refractivity contribution in [3.05, 3.63) is 366 Å². The van der Waals surface area contributed by atoms with Crippen LogP contribution < -0.4 is 34.3 Å². The van der Waals surface area contributed by atoms with E-state index >= 15 is 0 Å². The van der Waals surface area contributed by atoms with Crippen LogP contribution in [0.2, 0.25) is 0 Å². The molecule has 0 N–H and O–H groups in total. The van der Waals surface area contributed by atoms with Gasteiger partial charge in [0, 0.05) is 114 Å².